The summed E-state index contributed by atoms with van der Waals surface area (Å²) < 4.78 is 0. The second-order valence-corrected chi connectivity index (χ2v) is 7.68. The van der Waals surface area contributed by atoms with E-state index in [0.29, 0.717) is 24.4 Å². The number of rotatable bonds is 1. The average molecular weight is 372 g/mol. The van der Waals surface area contributed by atoms with Gasteiger partial charge in [-0.05, 0) is 30.4 Å². The number of nitrogens with zero attached hydrogens (tertiary/aromatic N) is 3. The lowest BCUT2D eigenvalue weighted by Crippen LogP contribution is -2.72. The maximum atomic E-state index is 13.2. The monoisotopic (exact) mass is 372 g/mol. The molecule has 0 bridgehead atoms. The minimum absolute atomic E-state index is 0.0419. The highest BCUT2D eigenvalue weighted by molar-refractivity contribution is 6.20. The maximum Gasteiger partial charge on any atom is 0.330 e. The van der Waals surface area contributed by atoms with E-state index in [1.807, 2.05) is 4.90 Å². The van der Waals surface area contributed by atoms with Gasteiger partial charge in [-0.25, -0.2) is 4.79 Å². The molecule has 3 atom stereocenters. The van der Waals surface area contributed by atoms with Crippen LogP contribution in [0.5, 0.6) is 0 Å². The molecule has 3 aliphatic heterocycles. The number of non-ortho nitro benzene ring substituents is 1. The van der Waals surface area contributed by atoms with Crippen molar-refractivity contribution in [2.24, 2.45) is 11.3 Å². The summed E-state index contributed by atoms with van der Waals surface area (Å²) in [6.45, 7) is 2.73. The SMILES string of the molecule is CC1CCN2c3ccc([N+](=O)[O-])cc3CC3(C(=O)NC(=O)N(C)C3=O)C2C1. The van der Waals surface area contributed by atoms with Crippen molar-refractivity contribution in [1.82, 2.24) is 10.2 Å². The van der Waals surface area contributed by atoms with Crippen molar-refractivity contribution in [3.8, 4) is 0 Å². The van der Waals surface area contributed by atoms with Gasteiger partial charge in [0, 0.05) is 37.8 Å². The van der Waals surface area contributed by atoms with Crippen molar-refractivity contribution < 1.29 is 19.3 Å². The molecule has 0 aliphatic carbocycles. The van der Waals surface area contributed by atoms with Crippen LogP contribution in [0.4, 0.5) is 16.2 Å². The summed E-state index contributed by atoms with van der Waals surface area (Å²) in [6.07, 6.45) is 1.57. The highest BCUT2D eigenvalue weighted by Crippen LogP contribution is 2.48. The number of hydrogen-bond acceptors (Lipinski definition) is 6. The zero-order valence-corrected chi connectivity index (χ0v) is 15.1. The van der Waals surface area contributed by atoms with Gasteiger partial charge in [-0.1, -0.05) is 6.92 Å². The second-order valence-electron chi connectivity index (χ2n) is 7.68. The zero-order chi connectivity index (χ0) is 19.5. The number of urea groups is 1. The van der Waals surface area contributed by atoms with Crippen molar-refractivity contribution >= 4 is 29.2 Å². The van der Waals surface area contributed by atoms with Crippen LogP contribution in [0.1, 0.15) is 25.3 Å². The van der Waals surface area contributed by atoms with E-state index in [0.717, 1.165) is 17.0 Å². The Kier molecular flexibility index (Phi) is 3.72. The van der Waals surface area contributed by atoms with Gasteiger partial charge in [0.05, 0.1) is 11.0 Å². The van der Waals surface area contributed by atoms with Crippen LogP contribution in [0, 0.1) is 21.4 Å². The molecule has 3 heterocycles. The summed E-state index contributed by atoms with van der Waals surface area (Å²) in [6, 6.07) is 3.45. The number of benzene rings is 1. The summed E-state index contributed by atoms with van der Waals surface area (Å²) in [5.74, 6) is -0.833. The highest BCUT2D eigenvalue weighted by Gasteiger charge is 2.62. The van der Waals surface area contributed by atoms with Crippen LogP contribution in [-0.4, -0.2) is 47.3 Å². The first kappa shape index (κ1) is 17.4. The Labute approximate surface area is 155 Å². The van der Waals surface area contributed by atoms with Crippen molar-refractivity contribution in [1.29, 1.82) is 0 Å². The number of piperidine rings is 1. The van der Waals surface area contributed by atoms with Gasteiger partial charge in [-0.3, -0.25) is 29.9 Å². The first-order chi connectivity index (χ1) is 12.8. The maximum absolute atomic E-state index is 13.2. The van der Waals surface area contributed by atoms with E-state index in [4.69, 9.17) is 0 Å². The third-order valence-electron chi connectivity index (χ3n) is 6.10. The molecule has 1 aromatic carbocycles. The summed E-state index contributed by atoms with van der Waals surface area (Å²) in [4.78, 5) is 51.8. The molecule has 3 unspecified atom stereocenters. The number of nitrogens with one attached hydrogen (secondary N) is 1. The van der Waals surface area contributed by atoms with E-state index in [1.54, 1.807) is 6.07 Å². The van der Waals surface area contributed by atoms with Crippen molar-refractivity contribution in [3.63, 3.8) is 0 Å². The number of fused-ring (bicyclic) bond motifs is 4. The fourth-order valence-electron chi connectivity index (χ4n) is 4.65. The Morgan fingerprint density at radius 3 is 2.74 bits per heavy atom. The smallest absolute Gasteiger partial charge is 0.330 e. The standard InChI is InChI=1S/C18H20N4O5/c1-10-5-6-21-13-4-3-12(22(26)27)8-11(13)9-18(14(21)7-10)15(23)19-17(25)20(2)16(18)24/h3-4,8,10,14H,5-7,9H2,1-2H3,(H,19,23,25). The molecule has 27 heavy (non-hydrogen) atoms. The molecule has 4 rings (SSSR count). The van der Waals surface area contributed by atoms with Gasteiger partial charge in [-0.15, -0.1) is 0 Å². The Bertz CT molecular complexity index is 885. The molecule has 1 spiro atoms. The largest absolute Gasteiger partial charge is 0.367 e. The third-order valence-corrected chi connectivity index (χ3v) is 6.10. The minimum Gasteiger partial charge on any atom is -0.367 e. The Morgan fingerprint density at radius 1 is 1.30 bits per heavy atom. The molecule has 2 fully saturated rings. The van der Waals surface area contributed by atoms with Crippen LogP contribution in [0.25, 0.3) is 0 Å². The lowest BCUT2D eigenvalue weighted by atomic mass is 9.65. The molecule has 0 saturated carbocycles. The van der Waals surface area contributed by atoms with Crippen LogP contribution in [0.15, 0.2) is 18.2 Å². The summed E-state index contributed by atoms with van der Waals surface area (Å²) in [5, 5.41) is 13.5. The molecular formula is C18H20N4O5. The molecule has 9 nitrogen and oxygen atoms in total. The van der Waals surface area contributed by atoms with Gasteiger partial charge in [0.2, 0.25) is 11.8 Å². The van der Waals surface area contributed by atoms with Crippen molar-refractivity contribution in [2.75, 3.05) is 18.5 Å². The molecule has 0 radical (unpaired) electrons. The van der Waals surface area contributed by atoms with Gasteiger partial charge >= 0.3 is 6.03 Å². The third kappa shape index (κ3) is 2.34. The van der Waals surface area contributed by atoms with Gasteiger partial charge < -0.3 is 4.90 Å². The highest BCUT2D eigenvalue weighted by atomic mass is 16.6. The number of barbiturate groups is 1. The van der Waals surface area contributed by atoms with Gasteiger partial charge in [0.25, 0.3) is 5.69 Å². The fourth-order valence-corrected chi connectivity index (χ4v) is 4.65. The number of nitro benzene ring substituents is 1. The number of anilines is 1. The van der Waals surface area contributed by atoms with Crippen molar-refractivity contribution in [3.05, 3.63) is 33.9 Å². The lowest BCUT2D eigenvalue weighted by Gasteiger charge is -2.54. The molecule has 1 aromatic rings. The molecule has 1 N–H and O–H groups in total. The first-order valence-electron chi connectivity index (χ1n) is 8.93. The predicted octanol–water partition coefficient (Wildman–Crippen LogP) is 1.45. The Hall–Kier alpha value is -2.97. The molecule has 3 aliphatic rings. The van der Waals surface area contributed by atoms with Gasteiger partial charge in [-0.2, -0.15) is 0 Å². The Morgan fingerprint density at radius 2 is 2.04 bits per heavy atom. The van der Waals surface area contributed by atoms with Gasteiger partial charge in [0.15, 0.2) is 5.41 Å². The predicted molar refractivity (Wildman–Crippen MR) is 95.1 cm³/mol. The molecule has 9 heteroatoms. The molecule has 0 aromatic heterocycles. The number of hydrogen-bond donors (Lipinski definition) is 1. The van der Waals surface area contributed by atoms with Crippen LogP contribution in [0.3, 0.4) is 0 Å². The minimum atomic E-state index is -1.46. The number of carbonyl (C=O) groups excluding carboxylic acids is 3. The summed E-state index contributed by atoms with van der Waals surface area (Å²) in [5.41, 5.74) is -0.134. The molecule has 4 amide bonds. The average Bonchev–Trinajstić information content (AvgIpc) is 2.64. The van der Waals surface area contributed by atoms with Crippen LogP contribution in [0.2, 0.25) is 0 Å². The quantitative estimate of drug-likeness (QED) is 0.453. The van der Waals surface area contributed by atoms with E-state index < -0.39 is 34.2 Å². The lowest BCUT2D eigenvalue weighted by molar-refractivity contribution is -0.384. The normalized spacial score (nSPS) is 30.1. The number of imide groups is 2. The van der Waals surface area contributed by atoms with Crippen molar-refractivity contribution in [2.45, 2.75) is 32.2 Å². The summed E-state index contributed by atoms with van der Waals surface area (Å²) >= 11 is 0. The fraction of sp³-hybridized carbons (Fsp3) is 0.500. The topological polar surface area (TPSA) is 113 Å². The molecule has 142 valence electrons. The van der Waals surface area contributed by atoms with E-state index in [2.05, 4.69) is 12.2 Å². The molecular weight excluding hydrogens is 352 g/mol. The van der Waals surface area contributed by atoms with E-state index >= 15 is 0 Å². The first-order valence-corrected chi connectivity index (χ1v) is 8.93. The van der Waals surface area contributed by atoms with E-state index in [-0.39, 0.29) is 12.1 Å². The zero-order valence-electron chi connectivity index (χ0n) is 15.1. The van der Waals surface area contributed by atoms with Gasteiger partial charge in [0.1, 0.15) is 0 Å². The number of nitro groups is 1. The second kappa shape index (κ2) is 5.77. The number of amides is 4. The summed E-state index contributed by atoms with van der Waals surface area (Å²) in [7, 11) is 1.35. The number of carbonyl (C=O) groups is 3. The van der Waals surface area contributed by atoms with E-state index in [1.165, 1.54) is 19.2 Å². The van der Waals surface area contributed by atoms with Crippen LogP contribution in [-0.2, 0) is 16.0 Å². The Balaban J connectivity index is 1.90. The molecule has 2 saturated heterocycles. The van der Waals surface area contributed by atoms with Crippen LogP contribution >= 0.6 is 0 Å². The van der Waals surface area contributed by atoms with Crippen LogP contribution < -0.4 is 10.2 Å². The van der Waals surface area contributed by atoms with E-state index in [9.17, 15) is 24.5 Å².